The SMILES string of the molecule is CC(CNC(=O)C(C)N1CCC(c2nc3ccccc3s2)CC1)c1ccccc1. The number of piperidine rings is 1. The summed E-state index contributed by atoms with van der Waals surface area (Å²) >= 11 is 1.82. The fourth-order valence-corrected chi connectivity index (χ4v) is 5.20. The molecule has 2 aromatic carbocycles. The van der Waals surface area contributed by atoms with Gasteiger partial charge in [-0.05, 0) is 56.5 Å². The predicted octanol–water partition coefficient (Wildman–Crippen LogP) is 4.78. The van der Waals surface area contributed by atoms with Crippen LogP contribution in [0.1, 0.15) is 49.1 Å². The molecule has 1 N–H and O–H groups in total. The van der Waals surface area contributed by atoms with E-state index in [9.17, 15) is 4.79 Å². The Bertz CT molecular complexity index is 914. The number of amides is 1. The Morgan fingerprint density at radius 2 is 1.79 bits per heavy atom. The Labute approximate surface area is 177 Å². The first-order valence-electron chi connectivity index (χ1n) is 10.5. The second kappa shape index (κ2) is 9.06. The van der Waals surface area contributed by atoms with E-state index >= 15 is 0 Å². The molecule has 2 atom stereocenters. The number of rotatable bonds is 6. The number of nitrogens with one attached hydrogen (secondary N) is 1. The van der Waals surface area contributed by atoms with Crippen molar-refractivity contribution in [3.8, 4) is 0 Å². The monoisotopic (exact) mass is 407 g/mol. The Hall–Kier alpha value is -2.24. The summed E-state index contributed by atoms with van der Waals surface area (Å²) in [5, 5.41) is 4.40. The summed E-state index contributed by atoms with van der Waals surface area (Å²) in [6, 6.07) is 18.6. The number of benzene rings is 2. The quantitative estimate of drug-likeness (QED) is 0.639. The predicted molar refractivity (Wildman–Crippen MR) is 120 cm³/mol. The van der Waals surface area contributed by atoms with Crippen LogP contribution in [-0.4, -0.2) is 41.5 Å². The first-order chi connectivity index (χ1) is 14.1. The molecule has 0 aliphatic carbocycles. The van der Waals surface area contributed by atoms with Gasteiger partial charge in [0.2, 0.25) is 5.91 Å². The Balaban J connectivity index is 1.28. The smallest absolute Gasteiger partial charge is 0.237 e. The number of carbonyl (C=O) groups is 1. The van der Waals surface area contributed by atoms with Crippen molar-refractivity contribution in [3.05, 3.63) is 65.2 Å². The van der Waals surface area contributed by atoms with Gasteiger partial charge in [-0.3, -0.25) is 9.69 Å². The molecule has 0 bridgehead atoms. The minimum atomic E-state index is -0.0886. The summed E-state index contributed by atoms with van der Waals surface area (Å²) < 4.78 is 1.27. The van der Waals surface area contributed by atoms with Crippen LogP contribution < -0.4 is 5.32 Å². The number of carbonyl (C=O) groups excluding carboxylic acids is 1. The number of fused-ring (bicyclic) bond motifs is 1. The normalized spacial score (nSPS) is 17.9. The molecule has 1 saturated heterocycles. The number of likely N-dealkylation sites (tertiary alicyclic amines) is 1. The number of hydrogen-bond donors (Lipinski definition) is 1. The average molecular weight is 408 g/mol. The number of nitrogens with zero attached hydrogens (tertiary/aromatic N) is 2. The van der Waals surface area contributed by atoms with Crippen molar-refractivity contribution >= 4 is 27.5 Å². The van der Waals surface area contributed by atoms with E-state index in [0.717, 1.165) is 31.4 Å². The third kappa shape index (κ3) is 4.68. The van der Waals surface area contributed by atoms with Crippen LogP contribution in [0.25, 0.3) is 10.2 Å². The molecule has 0 radical (unpaired) electrons. The Morgan fingerprint density at radius 3 is 2.52 bits per heavy atom. The first-order valence-corrected chi connectivity index (χ1v) is 11.4. The van der Waals surface area contributed by atoms with E-state index in [1.165, 1.54) is 15.3 Å². The fraction of sp³-hybridized carbons (Fsp3) is 0.417. The van der Waals surface area contributed by atoms with E-state index in [2.05, 4.69) is 47.5 Å². The third-order valence-corrected chi connectivity index (χ3v) is 7.27. The van der Waals surface area contributed by atoms with Gasteiger partial charge in [0, 0.05) is 12.5 Å². The topological polar surface area (TPSA) is 45.2 Å². The maximum atomic E-state index is 12.7. The zero-order valence-corrected chi connectivity index (χ0v) is 18.0. The maximum Gasteiger partial charge on any atom is 0.237 e. The zero-order valence-electron chi connectivity index (χ0n) is 17.2. The van der Waals surface area contributed by atoms with Gasteiger partial charge >= 0.3 is 0 Å². The standard InChI is InChI=1S/C24H29N3OS/c1-17(19-8-4-3-5-9-19)16-25-23(28)18(2)27-14-12-20(13-15-27)24-26-21-10-6-7-11-22(21)29-24/h3-11,17-18,20H,12-16H2,1-2H3,(H,25,28). The minimum Gasteiger partial charge on any atom is -0.354 e. The van der Waals surface area contributed by atoms with Crippen LogP contribution in [0.15, 0.2) is 54.6 Å². The molecule has 0 saturated carbocycles. The van der Waals surface area contributed by atoms with Gasteiger partial charge in [-0.2, -0.15) is 0 Å². The van der Waals surface area contributed by atoms with Gasteiger partial charge in [-0.25, -0.2) is 4.98 Å². The molecule has 1 aliphatic heterocycles. The molecule has 1 amide bonds. The van der Waals surface area contributed by atoms with E-state index in [0.29, 0.717) is 18.4 Å². The second-order valence-electron chi connectivity index (χ2n) is 8.06. The number of aromatic nitrogens is 1. The largest absolute Gasteiger partial charge is 0.354 e. The summed E-state index contributed by atoms with van der Waals surface area (Å²) in [5.74, 6) is 0.959. The molecular weight excluding hydrogens is 378 g/mol. The Morgan fingerprint density at radius 1 is 1.10 bits per heavy atom. The number of thiazole rings is 1. The molecule has 3 aromatic rings. The lowest BCUT2D eigenvalue weighted by molar-refractivity contribution is -0.126. The molecule has 5 heteroatoms. The average Bonchev–Trinajstić information content (AvgIpc) is 3.22. The molecular formula is C24H29N3OS. The van der Waals surface area contributed by atoms with E-state index in [1.54, 1.807) is 0 Å². The second-order valence-corrected chi connectivity index (χ2v) is 9.13. The summed E-state index contributed by atoms with van der Waals surface area (Å²) in [5.41, 5.74) is 2.37. The van der Waals surface area contributed by atoms with Gasteiger partial charge in [-0.1, -0.05) is 49.4 Å². The van der Waals surface area contributed by atoms with Crippen LogP contribution in [0, 0.1) is 0 Å². The molecule has 2 unspecified atom stereocenters. The lowest BCUT2D eigenvalue weighted by atomic mass is 9.96. The van der Waals surface area contributed by atoms with Gasteiger partial charge in [0.1, 0.15) is 0 Å². The lowest BCUT2D eigenvalue weighted by Crippen LogP contribution is -2.48. The molecule has 1 aliphatic rings. The van der Waals surface area contributed by atoms with Gasteiger partial charge in [0.25, 0.3) is 0 Å². The highest BCUT2D eigenvalue weighted by Gasteiger charge is 2.28. The van der Waals surface area contributed by atoms with Crippen LogP contribution in [-0.2, 0) is 4.79 Å². The molecule has 4 rings (SSSR count). The van der Waals surface area contributed by atoms with Crippen molar-refractivity contribution < 1.29 is 4.79 Å². The van der Waals surface area contributed by atoms with Crippen LogP contribution in [0.4, 0.5) is 0 Å². The summed E-state index contributed by atoms with van der Waals surface area (Å²) in [7, 11) is 0. The zero-order chi connectivity index (χ0) is 20.2. The van der Waals surface area contributed by atoms with Crippen LogP contribution in [0.5, 0.6) is 0 Å². The van der Waals surface area contributed by atoms with Crippen molar-refractivity contribution in [1.82, 2.24) is 15.2 Å². The molecule has 29 heavy (non-hydrogen) atoms. The van der Waals surface area contributed by atoms with Crippen LogP contribution >= 0.6 is 11.3 Å². The lowest BCUT2D eigenvalue weighted by Gasteiger charge is -2.34. The van der Waals surface area contributed by atoms with Crippen molar-refractivity contribution in [1.29, 1.82) is 0 Å². The van der Waals surface area contributed by atoms with Gasteiger partial charge in [0.15, 0.2) is 0 Å². The van der Waals surface area contributed by atoms with Gasteiger partial charge < -0.3 is 5.32 Å². The summed E-state index contributed by atoms with van der Waals surface area (Å²) in [4.78, 5) is 19.8. The first kappa shape index (κ1) is 20.0. The van der Waals surface area contributed by atoms with E-state index < -0.39 is 0 Å². The highest BCUT2D eigenvalue weighted by atomic mass is 32.1. The number of para-hydroxylation sites is 1. The van der Waals surface area contributed by atoms with Crippen molar-refractivity contribution in [2.24, 2.45) is 0 Å². The van der Waals surface area contributed by atoms with E-state index in [1.807, 2.05) is 42.5 Å². The summed E-state index contributed by atoms with van der Waals surface area (Å²) in [6.07, 6.45) is 2.13. The Kier molecular flexibility index (Phi) is 6.26. The van der Waals surface area contributed by atoms with Crippen molar-refractivity contribution in [3.63, 3.8) is 0 Å². The van der Waals surface area contributed by atoms with Gasteiger partial charge in [-0.15, -0.1) is 11.3 Å². The number of hydrogen-bond acceptors (Lipinski definition) is 4. The van der Waals surface area contributed by atoms with Crippen LogP contribution in [0.3, 0.4) is 0 Å². The molecule has 2 heterocycles. The van der Waals surface area contributed by atoms with Crippen LogP contribution in [0.2, 0.25) is 0 Å². The fourth-order valence-electron chi connectivity index (χ4n) is 4.06. The van der Waals surface area contributed by atoms with Gasteiger partial charge in [0.05, 0.1) is 21.3 Å². The molecule has 4 nitrogen and oxygen atoms in total. The molecule has 152 valence electrons. The maximum absolute atomic E-state index is 12.7. The van der Waals surface area contributed by atoms with Crippen molar-refractivity contribution in [2.75, 3.05) is 19.6 Å². The molecule has 1 aromatic heterocycles. The van der Waals surface area contributed by atoms with E-state index in [-0.39, 0.29) is 11.9 Å². The highest BCUT2D eigenvalue weighted by molar-refractivity contribution is 7.18. The third-order valence-electron chi connectivity index (χ3n) is 6.07. The molecule has 1 fully saturated rings. The van der Waals surface area contributed by atoms with E-state index in [4.69, 9.17) is 4.98 Å². The highest BCUT2D eigenvalue weighted by Crippen LogP contribution is 2.34. The molecule has 0 spiro atoms. The summed E-state index contributed by atoms with van der Waals surface area (Å²) in [6.45, 7) is 6.76. The van der Waals surface area contributed by atoms with Crippen molar-refractivity contribution in [2.45, 2.75) is 44.6 Å². The minimum absolute atomic E-state index is 0.0886.